The maximum Gasteiger partial charge on any atom is 0.387 e. The first-order valence-corrected chi connectivity index (χ1v) is 7.13. The second kappa shape index (κ2) is 7.72. The molecule has 0 amide bonds. The molecule has 0 bridgehead atoms. The van der Waals surface area contributed by atoms with E-state index in [0.717, 1.165) is 12.1 Å². The van der Waals surface area contributed by atoms with Gasteiger partial charge in [0.25, 0.3) is 0 Å². The highest BCUT2D eigenvalue weighted by molar-refractivity contribution is 5.90. The van der Waals surface area contributed by atoms with Crippen LogP contribution in [0, 0.1) is 5.82 Å². The quantitative estimate of drug-likeness (QED) is 0.811. The fraction of sp³-hybridized carbons (Fsp3) is 0.235. The van der Waals surface area contributed by atoms with Gasteiger partial charge in [-0.1, -0.05) is 12.1 Å². The molecule has 2 rings (SSSR count). The van der Waals surface area contributed by atoms with Crippen molar-refractivity contribution in [1.82, 2.24) is 0 Å². The Bertz CT molecular complexity index is 691. The zero-order valence-electron chi connectivity index (χ0n) is 12.8. The van der Waals surface area contributed by atoms with Crippen molar-refractivity contribution in [3.05, 3.63) is 58.9 Å². The molecule has 2 aromatic carbocycles. The third kappa shape index (κ3) is 4.41. The number of hydrogen-bond donors (Lipinski definition) is 1. The summed E-state index contributed by atoms with van der Waals surface area (Å²) in [5, 5.41) is 9.95. The second-order valence-corrected chi connectivity index (χ2v) is 4.88. The van der Waals surface area contributed by atoms with Gasteiger partial charge in [0.05, 0.1) is 12.2 Å². The summed E-state index contributed by atoms with van der Waals surface area (Å²) in [5.74, 6) is -1.89. The molecule has 0 aliphatic rings. The van der Waals surface area contributed by atoms with E-state index in [1.54, 1.807) is 6.92 Å². The van der Waals surface area contributed by atoms with Gasteiger partial charge in [-0.25, -0.2) is 9.18 Å². The number of hydrogen-bond acceptors (Lipinski definition) is 4. The van der Waals surface area contributed by atoms with Gasteiger partial charge in [0, 0.05) is 12.0 Å². The lowest BCUT2D eigenvalue weighted by molar-refractivity contribution is -0.0498. The summed E-state index contributed by atoms with van der Waals surface area (Å²) in [5.41, 5.74) is 0.483. The van der Waals surface area contributed by atoms with Crippen LogP contribution in [0.25, 0.3) is 0 Å². The van der Waals surface area contributed by atoms with Crippen LogP contribution < -0.4 is 4.74 Å². The Hall–Kier alpha value is -2.70. The van der Waals surface area contributed by atoms with Crippen LogP contribution in [-0.4, -0.2) is 24.3 Å². The van der Waals surface area contributed by atoms with Gasteiger partial charge in [-0.3, -0.25) is 0 Å². The topological polar surface area (TPSA) is 55.8 Å². The minimum atomic E-state index is -2.92. The van der Waals surface area contributed by atoms with Crippen molar-refractivity contribution < 1.29 is 32.5 Å². The van der Waals surface area contributed by atoms with Crippen LogP contribution in [0.5, 0.6) is 11.5 Å². The summed E-state index contributed by atoms with van der Waals surface area (Å²) in [6.07, 6.45) is 0.0235. The number of carbonyl (C=O) groups is 1. The highest BCUT2D eigenvalue weighted by Crippen LogP contribution is 2.27. The Morgan fingerprint density at radius 1 is 1.21 bits per heavy atom. The lowest BCUT2D eigenvalue weighted by Gasteiger charge is -2.10. The predicted molar refractivity (Wildman–Crippen MR) is 79.9 cm³/mol. The average Bonchev–Trinajstić information content (AvgIpc) is 2.52. The maximum atomic E-state index is 14.2. The summed E-state index contributed by atoms with van der Waals surface area (Å²) >= 11 is 0. The van der Waals surface area contributed by atoms with E-state index >= 15 is 0 Å². The Kier molecular flexibility index (Phi) is 5.68. The molecule has 0 saturated carbocycles. The van der Waals surface area contributed by atoms with Crippen molar-refractivity contribution in [2.45, 2.75) is 20.0 Å². The summed E-state index contributed by atoms with van der Waals surface area (Å²) in [7, 11) is 0. The Balaban J connectivity index is 2.19. The number of benzene rings is 2. The van der Waals surface area contributed by atoms with Crippen LogP contribution in [0.4, 0.5) is 13.2 Å². The fourth-order valence-corrected chi connectivity index (χ4v) is 2.12. The molecule has 0 aliphatic carbocycles. The van der Waals surface area contributed by atoms with Gasteiger partial charge in [0.1, 0.15) is 17.3 Å². The van der Waals surface area contributed by atoms with Crippen LogP contribution in [0.1, 0.15) is 28.4 Å². The molecule has 0 unspecified atom stereocenters. The van der Waals surface area contributed by atoms with Gasteiger partial charge in [0.2, 0.25) is 0 Å². The molecular formula is C17H15F3O4. The minimum Gasteiger partial charge on any atom is -0.508 e. The Labute approximate surface area is 136 Å². The first kappa shape index (κ1) is 17.7. The average molecular weight is 340 g/mol. The first-order chi connectivity index (χ1) is 11.4. The first-order valence-electron chi connectivity index (χ1n) is 7.13. The lowest BCUT2D eigenvalue weighted by atomic mass is 10.0. The maximum absolute atomic E-state index is 14.2. The molecule has 0 spiro atoms. The zero-order chi connectivity index (χ0) is 17.7. The van der Waals surface area contributed by atoms with E-state index in [1.807, 2.05) is 0 Å². The SMILES string of the molecule is CCOC(=O)c1cc(O)c(Cc2ccc(OC(F)F)cc2)c(F)c1. The van der Waals surface area contributed by atoms with Crippen LogP contribution in [0.15, 0.2) is 36.4 Å². The molecule has 0 radical (unpaired) electrons. The molecular weight excluding hydrogens is 325 g/mol. The third-order valence-electron chi connectivity index (χ3n) is 3.21. The fourth-order valence-electron chi connectivity index (χ4n) is 2.12. The molecule has 0 aliphatic heterocycles. The van der Waals surface area contributed by atoms with Gasteiger partial charge >= 0.3 is 12.6 Å². The normalized spacial score (nSPS) is 10.7. The van der Waals surface area contributed by atoms with Gasteiger partial charge < -0.3 is 14.6 Å². The van der Waals surface area contributed by atoms with Gasteiger partial charge in [-0.05, 0) is 36.8 Å². The number of alkyl halides is 2. The van der Waals surface area contributed by atoms with E-state index in [2.05, 4.69) is 4.74 Å². The largest absolute Gasteiger partial charge is 0.508 e. The highest BCUT2D eigenvalue weighted by atomic mass is 19.3. The number of rotatable bonds is 6. The van der Waals surface area contributed by atoms with Gasteiger partial charge in [-0.2, -0.15) is 8.78 Å². The van der Waals surface area contributed by atoms with Crippen molar-refractivity contribution in [1.29, 1.82) is 0 Å². The van der Waals surface area contributed by atoms with Crippen molar-refractivity contribution in [3.8, 4) is 11.5 Å². The third-order valence-corrected chi connectivity index (χ3v) is 3.21. The number of carbonyl (C=O) groups excluding carboxylic acids is 1. The smallest absolute Gasteiger partial charge is 0.387 e. The van der Waals surface area contributed by atoms with Crippen molar-refractivity contribution in [2.75, 3.05) is 6.61 Å². The molecule has 0 fully saturated rings. The number of phenolic OH excluding ortho intramolecular Hbond substituents is 1. The zero-order valence-corrected chi connectivity index (χ0v) is 12.8. The number of aromatic hydroxyl groups is 1. The molecule has 1 N–H and O–H groups in total. The standard InChI is InChI=1S/C17H15F3O4/c1-2-23-16(22)11-8-14(18)13(15(21)9-11)7-10-3-5-12(6-4-10)24-17(19)20/h3-6,8-9,17,21H,2,7H2,1H3. The number of ether oxygens (including phenoxy) is 2. The second-order valence-electron chi connectivity index (χ2n) is 4.88. The molecule has 0 aromatic heterocycles. The number of esters is 1. The van der Waals surface area contributed by atoms with Crippen LogP contribution in [0.2, 0.25) is 0 Å². The van der Waals surface area contributed by atoms with Crippen LogP contribution >= 0.6 is 0 Å². The molecule has 2 aromatic rings. The monoisotopic (exact) mass is 340 g/mol. The molecule has 0 saturated heterocycles. The lowest BCUT2D eigenvalue weighted by Crippen LogP contribution is -2.06. The van der Waals surface area contributed by atoms with Crippen molar-refractivity contribution in [3.63, 3.8) is 0 Å². The summed E-state index contributed by atoms with van der Waals surface area (Å²) < 4.78 is 47.3. The van der Waals surface area contributed by atoms with E-state index < -0.39 is 18.4 Å². The number of halogens is 3. The summed E-state index contributed by atoms with van der Waals surface area (Å²) in [6.45, 7) is -1.17. The summed E-state index contributed by atoms with van der Waals surface area (Å²) in [6, 6.07) is 7.73. The molecule has 4 nitrogen and oxygen atoms in total. The molecule has 7 heteroatoms. The Morgan fingerprint density at radius 3 is 2.42 bits per heavy atom. The Morgan fingerprint density at radius 2 is 1.88 bits per heavy atom. The van der Waals surface area contributed by atoms with E-state index in [-0.39, 0.29) is 35.7 Å². The molecule has 0 heterocycles. The molecule has 128 valence electrons. The predicted octanol–water partition coefficient (Wildman–Crippen LogP) is 3.90. The van der Waals surface area contributed by atoms with E-state index in [0.29, 0.717) is 5.56 Å². The number of phenols is 1. The summed E-state index contributed by atoms with van der Waals surface area (Å²) in [4.78, 5) is 11.6. The molecule has 24 heavy (non-hydrogen) atoms. The highest BCUT2D eigenvalue weighted by Gasteiger charge is 2.16. The van der Waals surface area contributed by atoms with E-state index in [9.17, 15) is 23.1 Å². The van der Waals surface area contributed by atoms with E-state index in [4.69, 9.17) is 4.74 Å². The molecule has 0 atom stereocenters. The van der Waals surface area contributed by atoms with Crippen molar-refractivity contribution in [2.24, 2.45) is 0 Å². The minimum absolute atomic E-state index is 0.00873. The van der Waals surface area contributed by atoms with E-state index in [1.165, 1.54) is 24.3 Å². The van der Waals surface area contributed by atoms with Gasteiger partial charge in [-0.15, -0.1) is 0 Å². The van der Waals surface area contributed by atoms with Crippen molar-refractivity contribution >= 4 is 5.97 Å². The van der Waals surface area contributed by atoms with Crippen LogP contribution in [-0.2, 0) is 11.2 Å². The van der Waals surface area contributed by atoms with Gasteiger partial charge in [0.15, 0.2) is 0 Å². The van der Waals surface area contributed by atoms with Crippen LogP contribution in [0.3, 0.4) is 0 Å².